The van der Waals surface area contributed by atoms with Gasteiger partial charge in [0.05, 0.1) is 12.7 Å². The van der Waals surface area contributed by atoms with Gasteiger partial charge in [-0.15, -0.1) is 5.10 Å². The molecule has 0 fully saturated rings. The number of benzene rings is 1. The van der Waals surface area contributed by atoms with E-state index in [1.165, 1.54) is 0 Å². The highest BCUT2D eigenvalue weighted by molar-refractivity contribution is 6.30. The second-order valence-electron chi connectivity index (χ2n) is 3.91. The van der Waals surface area contributed by atoms with Crippen LogP contribution < -0.4 is 5.32 Å². The van der Waals surface area contributed by atoms with Gasteiger partial charge in [-0.2, -0.15) is 0 Å². The zero-order chi connectivity index (χ0) is 12.8. The number of nitrogens with one attached hydrogen (secondary N) is 1. The first-order chi connectivity index (χ1) is 8.78. The maximum Gasteiger partial charge on any atom is 0.102 e. The Hall–Kier alpha value is -1.59. The lowest BCUT2D eigenvalue weighted by molar-refractivity contribution is 0.276. The lowest BCUT2D eigenvalue weighted by Crippen LogP contribution is -2.01. The Kier molecular flexibility index (Phi) is 4.55. The number of aromatic nitrogens is 3. The molecule has 1 heterocycles. The Labute approximate surface area is 110 Å². The molecule has 1 aromatic heterocycles. The smallest absolute Gasteiger partial charge is 0.102 e. The van der Waals surface area contributed by atoms with Crippen molar-refractivity contribution in [3.63, 3.8) is 0 Å². The molecule has 0 aliphatic rings. The van der Waals surface area contributed by atoms with Crippen LogP contribution in [-0.4, -0.2) is 26.7 Å². The van der Waals surface area contributed by atoms with Crippen molar-refractivity contribution in [2.75, 3.05) is 11.9 Å². The predicted octanol–water partition coefficient (Wildman–Crippen LogP) is 1.93. The molecule has 0 saturated heterocycles. The van der Waals surface area contributed by atoms with Crippen molar-refractivity contribution >= 4 is 17.3 Å². The molecule has 0 unspecified atom stereocenters. The third-order valence-corrected chi connectivity index (χ3v) is 2.70. The van der Waals surface area contributed by atoms with Crippen LogP contribution in [0.2, 0.25) is 5.02 Å². The van der Waals surface area contributed by atoms with E-state index in [4.69, 9.17) is 16.7 Å². The van der Waals surface area contributed by atoms with Gasteiger partial charge < -0.3 is 10.4 Å². The monoisotopic (exact) mass is 266 g/mol. The maximum absolute atomic E-state index is 8.72. The Morgan fingerprint density at radius 1 is 1.28 bits per heavy atom. The van der Waals surface area contributed by atoms with Crippen LogP contribution in [-0.2, 0) is 13.1 Å². The number of rotatable bonds is 6. The summed E-state index contributed by atoms with van der Waals surface area (Å²) in [6.07, 6.45) is 2.56. The van der Waals surface area contributed by atoms with Gasteiger partial charge in [0.1, 0.15) is 5.69 Å². The molecule has 2 aromatic rings. The molecule has 0 saturated carbocycles. The standard InChI is InChI=1S/C12H15ClN4O/c13-10-2-4-11(5-3-10)14-8-12-9-17(16-15-12)6-1-7-18/h2-5,9,14,18H,1,6-8H2. The van der Waals surface area contributed by atoms with E-state index in [9.17, 15) is 0 Å². The van der Waals surface area contributed by atoms with Gasteiger partial charge >= 0.3 is 0 Å². The zero-order valence-electron chi connectivity index (χ0n) is 9.88. The molecule has 0 bridgehead atoms. The van der Waals surface area contributed by atoms with E-state index in [1.807, 2.05) is 30.5 Å². The highest BCUT2D eigenvalue weighted by atomic mass is 35.5. The number of hydrogen-bond acceptors (Lipinski definition) is 4. The van der Waals surface area contributed by atoms with Crippen molar-refractivity contribution in [2.45, 2.75) is 19.5 Å². The van der Waals surface area contributed by atoms with Crippen LogP contribution in [0.5, 0.6) is 0 Å². The second-order valence-corrected chi connectivity index (χ2v) is 4.35. The van der Waals surface area contributed by atoms with Crippen molar-refractivity contribution in [3.05, 3.63) is 41.2 Å². The van der Waals surface area contributed by atoms with Crippen LogP contribution in [0.4, 0.5) is 5.69 Å². The van der Waals surface area contributed by atoms with E-state index in [0.717, 1.165) is 16.4 Å². The maximum atomic E-state index is 8.72. The average molecular weight is 267 g/mol. The van der Waals surface area contributed by atoms with E-state index in [-0.39, 0.29) is 6.61 Å². The molecule has 18 heavy (non-hydrogen) atoms. The topological polar surface area (TPSA) is 63.0 Å². The molecule has 0 spiro atoms. The van der Waals surface area contributed by atoms with Gasteiger partial charge in [-0.05, 0) is 30.7 Å². The first-order valence-corrected chi connectivity index (χ1v) is 6.15. The van der Waals surface area contributed by atoms with Crippen molar-refractivity contribution in [1.29, 1.82) is 0 Å². The van der Waals surface area contributed by atoms with Gasteiger partial charge in [-0.25, -0.2) is 0 Å². The molecule has 96 valence electrons. The minimum absolute atomic E-state index is 0.165. The number of aliphatic hydroxyl groups excluding tert-OH is 1. The van der Waals surface area contributed by atoms with E-state index in [0.29, 0.717) is 19.5 Å². The van der Waals surface area contributed by atoms with Gasteiger partial charge in [-0.3, -0.25) is 4.68 Å². The quantitative estimate of drug-likeness (QED) is 0.839. The molecular weight excluding hydrogens is 252 g/mol. The van der Waals surface area contributed by atoms with Gasteiger partial charge in [0.2, 0.25) is 0 Å². The molecule has 5 nitrogen and oxygen atoms in total. The van der Waals surface area contributed by atoms with Crippen LogP contribution in [0, 0.1) is 0 Å². The summed E-state index contributed by atoms with van der Waals surface area (Å²) in [6.45, 7) is 1.46. The molecule has 0 amide bonds. The van der Waals surface area contributed by atoms with Gasteiger partial charge in [0.15, 0.2) is 0 Å². The Morgan fingerprint density at radius 3 is 2.78 bits per heavy atom. The summed E-state index contributed by atoms with van der Waals surface area (Å²) in [4.78, 5) is 0. The third-order valence-electron chi connectivity index (χ3n) is 2.45. The van der Waals surface area contributed by atoms with Crippen LogP contribution in [0.3, 0.4) is 0 Å². The lowest BCUT2D eigenvalue weighted by Gasteiger charge is -2.03. The van der Waals surface area contributed by atoms with Crippen LogP contribution in [0.1, 0.15) is 12.1 Å². The van der Waals surface area contributed by atoms with E-state index in [2.05, 4.69) is 15.6 Å². The van der Waals surface area contributed by atoms with Gasteiger partial charge in [-0.1, -0.05) is 16.8 Å². The molecule has 1 aromatic carbocycles. The van der Waals surface area contributed by atoms with Crippen molar-refractivity contribution in [1.82, 2.24) is 15.0 Å². The third kappa shape index (κ3) is 3.72. The summed E-state index contributed by atoms with van der Waals surface area (Å²) < 4.78 is 1.73. The lowest BCUT2D eigenvalue weighted by atomic mass is 10.3. The Morgan fingerprint density at radius 2 is 2.06 bits per heavy atom. The minimum atomic E-state index is 0.165. The molecule has 0 aliphatic heterocycles. The van der Waals surface area contributed by atoms with Gasteiger partial charge in [0, 0.05) is 23.9 Å². The first-order valence-electron chi connectivity index (χ1n) is 5.77. The van der Waals surface area contributed by atoms with Crippen LogP contribution in [0.15, 0.2) is 30.5 Å². The van der Waals surface area contributed by atoms with Crippen molar-refractivity contribution < 1.29 is 5.11 Å². The summed E-state index contributed by atoms with van der Waals surface area (Å²) in [5, 5.41) is 20.7. The highest BCUT2D eigenvalue weighted by Crippen LogP contribution is 2.13. The summed E-state index contributed by atoms with van der Waals surface area (Å²) in [5.74, 6) is 0. The number of nitrogens with zero attached hydrogens (tertiary/aromatic N) is 3. The fraction of sp³-hybridized carbons (Fsp3) is 0.333. The van der Waals surface area contributed by atoms with Crippen LogP contribution >= 0.6 is 11.6 Å². The zero-order valence-corrected chi connectivity index (χ0v) is 10.6. The number of hydrogen-bond donors (Lipinski definition) is 2. The number of halogens is 1. The van der Waals surface area contributed by atoms with Gasteiger partial charge in [0.25, 0.3) is 0 Å². The predicted molar refractivity (Wildman–Crippen MR) is 70.5 cm³/mol. The second kappa shape index (κ2) is 6.37. The first kappa shape index (κ1) is 12.9. The molecule has 2 rings (SSSR count). The summed E-state index contributed by atoms with van der Waals surface area (Å²) in [7, 11) is 0. The summed E-state index contributed by atoms with van der Waals surface area (Å²) >= 11 is 5.81. The minimum Gasteiger partial charge on any atom is -0.396 e. The fourth-order valence-electron chi connectivity index (χ4n) is 1.52. The van der Waals surface area contributed by atoms with Crippen molar-refractivity contribution in [2.24, 2.45) is 0 Å². The fourth-order valence-corrected chi connectivity index (χ4v) is 1.65. The summed E-state index contributed by atoms with van der Waals surface area (Å²) in [5.41, 5.74) is 1.85. The molecule has 6 heteroatoms. The molecule has 0 radical (unpaired) electrons. The van der Waals surface area contributed by atoms with E-state index in [1.54, 1.807) is 4.68 Å². The molecule has 2 N–H and O–H groups in total. The number of aryl methyl sites for hydroxylation is 1. The number of anilines is 1. The Bertz CT molecular complexity index is 483. The summed E-state index contributed by atoms with van der Waals surface area (Å²) in [6, 6.07) is 7.50. The van der Waals surface area contributed by atoms with E-state index < -0.39 is 0 Å². The van der Waals surface area contributed by atoms with Crippen molar-refractivity contribution in [3.8, 4) is 0 Å². The highest BCUT2D eigenvalue weighted by Gasteiger charge is 2.00. The molecule has 0 atom stereocenters. The molecular formula is C12H15ClN4O. The van der Waals surface area contributed by atoms with Crippen LogP contribution in [0.25, 0.3) is 0 Å². The average Bonchev–Trinajstić information content (AvgIpc) is 2.84. The normalized spacial score (nSPS) is 10.6. The van der Waals surface area contributed by atoms with E-state index >= 15 is 0 Å². The molecule has 0 aliphatic carbocycles. The number of aliphatic hydroxyl groups is 1. The Balaban J connectivity index is 1.86. The SMILES string of the molecule is OCCCn1cc(CNc2ccc(Cl)cc2)nn1. The largest absolute Gasteiger partial charge is 0.396 e.